The van der Waals surface area contributed by atoms with Crippen molar-refractivity contribution in [3.8, 4) is 0 Å². The number of carbonyl (C=O) groups is 1. The fraction of sp³-hybridized carbons (Fsp3) is 0.462. The fourth-order valence-corrected chi connectivity index (χ4v) is 1.67. The van der Waals surface area contributed by atoms with Gasteiger partial charge in [-0.3, -0.25) is 14.9 Å². The van der Waals surface area contributed by atoms with E-state index in [4.69, 9.17) is 0 Å². The Morgan fingerprint density at radius 1 is 1.53 bits per heavy atom. The van der Waals surface area contributed by atoms with Gasteiger partial charge in [0.2, 0.25) is 0 Å². The Labute approximate surface area is 111 Å². The predicted molar refractivity (Wildman–Crippen MR) is 72.4 cm³/mol. The van der Waals surface area contributed by atoms with Crippen LogP contribution in [0.3, 0.4) is 0 Å². The van der Waals surface area contributed by atoms with Gasteiger partial charge in [0.15, 0.2) is 0 Å². The third kappa shape index (κ3) is 3.21. The summed E-state index contributed by atoms with van der Waals surface area (Å²) < 4.78 is 0. The molecule has 0 aliphatic heterocycles. The summed E-state index contributed by atoms with van der Waals surface area (Å²) in [6.45, 7) is 5.29. The number of anilines is 1. The fourth-order valence-electron chi connectivity index (χ4n) is 1.67. The Balaban J connectivity index is 3.01. The van der Waals surface area contributed by atoms with E-state index in [0.717, 1.165) is 5.56 Å². The zero-order valence-corrected chi connectivity index (χ0v) is 11.3. The van der Waals surface area contributed by atoms with Crippen LogP contribution in [0.2, 0.25) is 0 Å². The summed E-state index contributed by atoms with van der Waals surface area (Å²) in [6.07, 6.45) is 0.439. The summed E-state index contributed by atoms with van der Waals surface area (Å²) in [6, 6.07) is 4.76. The van der Waals surface area contributed by atoms with Crippen LogP contribution >= 0.6 is 0 Å². The minimum absolute atomic E-state index is 0.0381. The van der Waals surface area contributed by atoms with E-state index in [1.807, 2.05) is 0 Å². The van der Waals surface area contributed by atoms with Crippen LogP contribution in [0.1, 0.15) is 25.8 Å². The van der Waals surface area contributed by atoms with Crippen molar-refractivity contribution in [2.45, 2.75) is 27.2 Å². The lowest BCUT2D eigenvalue weighted by Gasteiger charge is -2.24. The first-order valence-corrected chi connectivity index (χ1v) is 6.03. The summed E-state index contributed by atoms with van der Waals surface area (Å²) in [5.41, 5.74) is 0.117. The van der Waals surface area contributed by atoms with Crippen LogP contribution in [-0.4, -0.2) is 22.5 Å². The molecule has 0 aliphatic rings. The highest BCUT2D eigenvalue weighted by Crippen LogP contribution is 2.30. The third-order valence-electron chi connectivity index (χ3n) is 3.40. The Bertz CT molecular complexity index is 501. The molecular formula is C13H18N2O4. The number of para-hydroxylation sites is 1. The number of hydrogen-bond donors (Lipinski definition) is 2. The maximum Gasteiger partial charge on any atom is 0.311 e. The topological polar surface area (TPSA) is 92.5 Å². The van der Waals surface area contributed by atoms with Crippen LogP contribution in [-0.2, 0) is 4.79 Å². The molecule has 0 heterocycles. The number of aliphatic carboxylic acids is 1. The molecule has 0 aliphatic carbocycles. The smallest absolute Gasteiger partial charge is 0.311 e. The SMILES string of the molecule is CCC(C)(CNc1c(C)cccc1[N+](=O)[O-])C(=O)O. The standard InChI is InChI=1S/C13H18N2O4/c1-4-13(3,12(16)17)8-14-11-9(2)6-5-7-10(11)15(18)19/h5-7,14H,4,8H2,1-3H3,(H,16,17). The zero-order valence-electron chi connectivity index (χ0n) is 11.3. The maximum absolute atomic E-state index is 11.2. The highest BCUT2D eigenvalue weighted by Gasteiger charge is 2.31. The van der Waals surface area contributed by atoms with Gasteiger partial charge in [-0.25, -0.2) is 0 Å². The van der Waals surface area contributed by atoms with Gasteiger partial charge >= 0.3 is 5.97 Å². The third-order valence-corrected chi connectivity index (χ3v) is 3.40. The lowest BCUT2D eigenvalue weighted by atomic mass is 9.87. The second kappa shape index (κ2) is 5.69. The van der Waals surface area contributed by atoms with Gasteiger partial charge in [-0.15, -0.1) is 0 Å². The molecule has 1 aromatic rings. The second-order valence-electron chi connectivity index (χ2n) is 4.80. The molecular weight excluding hydrogens is 248 g/mol. The summed E-state index contributed by atoms with van der Waals surface area (Å²) in [7, 11) is 0. The summed E-state index contributed by atoms with van der Waals surface area (Å²) in [5, 5.41) is 23.0. The van der Waals surface area contributed by atoms with E-state index in [0.29, 0.717) is 12.1 Å². The molecule has 0 fully saturated rings. The van der Waals surface area contributed by atoms with Gasteiger partial charge in [-0.2, -0.15) is 0 Å². The molecule has 0 saturated carbocycles. The number of carboxylic acid groups (broad SMARTS) is 1. The molecule has 0 aromatic heterocycles. The molecule has 1 atom stereocenters. The minimum Gasteiger partial charge on any atom is -0.481 e. The molecule has 1 rings (SSSR count). The van der Waals surface area contributed by atoms with Crippen LogP contribution in [0.5, 0.6) is 0 Å². The van der Waals surface area contributed by atoms with Gasteiger partial charge in [0, 0.05) is 12.6 Å². The van der Waals surface area contributed by atoms with E-state index in [1.54, 1.807) is 32.9 Å². The van der Waals surface area contributed by atoms with Crippen LogP contribution in [0.25, 0.3) is 0 Å². The van der Waals surface area contributed by atoms with Crippen LogP contribution < -0.4 is 5.32 Å². The van der Waals surface area contributed by atoms with E-state index < -0.39 is 16.3 Å². The number of nitro benzene ring substituents is 1. The first-order valence-electron chi connectivity index (χ1n) is 6.03. The number of benzene rings is 1. The van der Waals surface area contributed by atoms with Crippen molar-refractivity contribution >= 4 is 17.3 Å². The van der Waals surface area contributed by atoms with Crippen LogP contribution in [0.15, 0.2) is 18.2 Å². The van der Waals surface area contributed by atoms with E-state index in [-0.39, 0.29) is 12.2 Å². The van der Waals surface area contributed by atoms with E-state index in [2.05, 4.69) is 5.32 Å². The number of carboxylic acids is 1. The summed E-state index contributed by atoms with van der Waals surface area (Å²) in [4.78, 5) is 21.7. The average molecular weight is 266 g/mol. The molecule has 0 amide bonds. The van der Waals surface area contributed by atoms with Crippen molar-refractivity contribution in [3.05, 3.63) is 33.9 Å². The van der Waals surface area contributed by atoms with Crippen LogP contribution in [0, 0.1) is 22.5 Å². The van der Waals surface area contributed by atoms with Gasteiger partial charge in [0.25, 0.3) is 5.69 Å². The second-order valence-corrected chi connectivity index (χ2v) is 4.80. The van der Waals surface area contributed by atoms with E-state index in [1.165, 1.54) is 6.07 Å². The van der Waals surface area contributed by atoms with Crippen molar-refractivity contribution in [2.75, 3.05) is 11.9 Å². The summed E-state index contributed by atoms with van der Waals surface area (Å²) >= 11 is 0. The predicted octanol–water partition coefficient (Wildman–Crippen LogP) is 2.82. The van der Waals surface area contributed by atoms with Gasteiger partial charge in [-0.05, 0) is 25.8 Å². The van der Waals surface area contributed by atoms with E-state index in [9.17, 15) is 20.0 Å². The van der Waals surface area contributed by atoms with Gasteiger partial charge in [0.05, 0.1) is 10.3 Å². The Morgan fingerprint density at radius 3 is 2.63 bits per heavy atom. The van der Waals surface area contributed by atoms with Crippen molar-refractivity contribution < 1.29 is 14.8 Å². The van der Waals surface area contributed by atoms with Crippen molar-refractivity contribution in [2.24, 2.45) is 5.41 Å². The number of nitrogens with zero attached hydrogens (tertiary/aromatic N) is 1. The normalized spacial score (nSPS) is 13.6. The first kappa shape index (κ1) is 14.9. The van der Waals surface area contributed by atoms with Crippen molar-refractivity contribution in [3.63, 3.8) is 0 Å². The van der Waals surface area contributed by atoms with Gasteiger partial charge < -0.3 is 10.4 Å². The molecule has 2 N–H and O–H groups in total. The molecule has 104 valence electrons. The minimum atomic E-state index is -0.948. The highest BCUT2D eigenvalue weighted by molar-refractivity contribution is 5.75. The number of rotatable bonds is 6. The monoisotopic (exact) mass is 266 g/mol. The molecule has 19 heavy (non-hydrogen) atoms. The molecule has 6 nitrogen and oxygen atoms in total. The molecule has 1 aromatic carbocycles. The molecule has 0 spiro atoms. The lowest BCUT2D eigenvalue weighted by molar-refractivity contribution is -0.384. The zero-order chi connectivity index (χ0) is 14.6. The molecule has 0 bridgehead atoms. The Kier molecular flexibility index (Phi) is 4.47. The molecule has 0 saturated heterocycles. The number of aryl methyl sites for hydroxylation is 1. The number of hydrogen-bond acceptors (Lipinski definition) is 4. The Hall–Kier alpha value is -2.11. The Morgan fingerprint density at radius 2 is 2.16 bits per heavy atom. The highest BCUT2D eigenvalue weighted by atomic mass is 16.6. The lowest BCUT2D eigenvalue weighted by Crippen LogP contribution is -2.34. The van der Waals surface area contributed by atoms with Crippen molar-refractivity contribution in [1.29, 1.82) is 0 Å². The molecule has 6 heteroatoms. The molecule has 0 radical (unpaired) electrons. The van der Waals surface area contributed by atoms with Crippen LogP contribution in [0.4, 0.5) is 11.4 Å². The first-order chi connectivity index (χ1) is 8.81. The quantitative estimate of drug-likeness (QED) is 0.610. The largest absolute Gasteiger partial charge is 0.481 e. The average Bonchev–Trinajstić information content (AvgIpc) is 2.36. The van der Waals surface area contributed by atoms with Crippen molar-refractivity contribution in [1.82, 2.24) is 0 Å². The number of nitrogens with one attached hydrogen (secondary N) is 1. The van der Waals surface area contributed by atoms with Gasteiger partial charge in [-0.1, -0.05) is 19.1 Å². The maximum atomic E-state index is 11.2. The molecule has 1 unspecified atom stereocenters. The number of nitro groups is 1. The summed E-state index contributed by atoms with van der Waals surface area (Å²) in [5.74, 6) is -0.918. The van der Waals surface area contributed by atoms with E-state index >= 15 is 0 Å². The van der Waals surface area contributed by atoms with Gasteiger partial charge in [0.1, 0.15) is 5.69 Å².